The normalized spacial score (nSPS) is 11.4. The molecule has 0 bridgehead atoms. The van der Waals surface area contributed by atoms with Crippen molar-refractivity contribution in [1.29, 1.82) is 0 Å². The fraction of sp³-hybridized carbons (Fsp3) is 0.294. The van der Waals surface area contributed by atoms with Gasteiger partial charge in [-0.2, -0.15) is 0 Å². The van der Waals surface area contributed by atoms with Gasteiger partial charge in [-0.05, 0) is 56.0 Å². The molecule has 4 heteroatoms. The molecule has 2 aromatic carbocycles. The van der Waals surface area contributed by atoms with Crippen molar-refractivity contribution in [3.05, 3.63) is 58.7 Å². The first kappa shape index (κ1) is 15.6. The number of rotatable bonds is 4. The third-order valence-corrected chi connectivity index (χ3v) is 4.92. The van der Waals surface area contributed by atoms with E-state index in [2.05, 4.69) is 4.72 Å². The zero-order valence-corrected chi connectivity index (χ0v) is 13.7. The SMILES string of the molecule is CCc1ccc(S(=O)(=O)Nc2c(C)cc(C)cc2C)cc1. The van der Waals surface area contributed by atoms with Crippen LogP contribution in [0.1, 0.15) is 29.2 Å². The Morgan fingerprint density at radius 2 is 1.48 bits per heavy atom. The van der Waals surface area contributed by atoms with Crippen LogP contribution in [0.2, 0.25) is 0 Å². The van der Waals surface area contributed by atoms with Crippen LogP contribution in [0.5, 0.6) is 0 Å². The fourth-order valence-corrected chi connectivity index (χ4v) is 3.64. The second-order valence-corrected chi connectivity index (χ2v) is 7.06. The second-order valence-electron chi connectivity index (χ2n) is 5.38. The van der Waals surface area contributed by atoms with E-state index in [-0.39, 0.29) is 0 Å². The van der Waals surface area contributed by atoms with Crippen LogP contribution in [0.3, 0.4) is 0 Å². The molecule has 0 aliphatic rings. The van der Waals surface area contributed by atoms with E-state index in [1.807, 2.05) is 52.0 Å². The van der Waals surface area contributed by atoms with Gasteiger partial charge in [-0.1, -0.05) is 36.8 Å². The molecule has 2 rings (SSSR count). The van der Waals surface area contributed by atoms with Gasteiger partial charge in [-0.25, -0.2) is 8.42 Å². The van der Waals surface area contributed by atoms with Crippen molar-refractivity contribution in [2.75, 3.05) is 4.72 Å². The molecule has 0 amide bonds. The van der Waals surface area contributed by atoms with Crippen molar-refractivity contribution in [1.82, 2.24) is 0 Å². The summed E-state index contributed by atoms with van der Waals surface area (Å²) >= 11 is 0. The van der Waals surface area contributed by atoms with Crippen molar-refractivity contribution in [3.63, 3.8) is 0 Å². The minimum absolute atomic E-state index is 0.291. The quantitative estimate of drug-likeness (QED) is 0.928. The summed E-state index contributed by atoms with van der Waals surface area (Å²) in [6.45, 7) is 7.87. The number of hydrogen-bond acceptors (Lipinski definition) is 2. The van der Waals surface area contributed by atoms with Crippen LogP contribution in [-0.4, -0.2) is 8.42 Å². The summed E-state index contributed by atoms with van der Waals surface area (Å²) in [5.74, 6) is 0. The van der Waals surface area contributed by atoms with Gasteiger partial charge in [0, 0.05) is 0 Å². The molecule has 0 radical (unpaired) electrons. The Morgan fingerprint density at radius 1 is 0.952 bits per heavy atom. The summed E-state index contributed by atoms with van der Waals surface area (Å²) < 4.78 is 27.7. The molecule has 21 heavy (non-hydrogen) atoms. The average Bonchev–Trinajstić information content (AvgIpc) is 2.43. The van der Waals surface area contributed by atoms with Gasteiger partial charge < -0.3 is 0 Å². The highest BCUT2D eigenvalue weighted by atomic mass is 32.2. The lowest BCUT2D eigenvalue weighted by Crippen LogP contribution is -2.14. The maximum Gasteiger partial charge on any atom is 0.261 e. The van der Waals surface area contributed by atoms with Gasteiger partial charge in [0.05, 0.1) is 10.6 Å². The van der Waals surface area contributed by atoms with Crippen LogP contribution < -0.4 is 4.72 Å². The molecule has 2 aromatic rings. The molecule has 0 heterocycles. The van der Waals surface area contributed by atoms with E-state index in [1.54, 1.807) is 12.1 Å². The Bertz CT molecular complexity index is 724. The van der Waals surface area contributed by atoms with Gasteiger partial charge in [0.1, 0.15) is 0 Å². The minimum Gasteiger partial charge on any atom is -0.279 e. The van der Waals surface area contributed by atoms with E-state index in [9.17, 15) is 8.42 Å². The highest BCUT2D eigenvalue weighted by molar-refractivity contribution is 7.92. The first-order valence-corrected chi connectivity index (χ1v) is 8.51. The van der Waals surface area contributed by atoms with Crippen LogP contribution in [-0.2, 0) is 16.4 Å². The number of aryl methyl sites for hydroxylation is 4. The number of sulfonamides is 1. The predicted molar refractivity (Wildman–Crippen MR) is 87.3 cm³/mol. The first-order chi connectivity index (χ1) is 9.83. The summed E-state index contributed by atoms with van der Waals surface area (Å²) in [4.78, 5) is 0.291. The lowest BCUT2D eigenvalue weighted by atomic mass is 10.1. The van der Waals surface area contributed by atoms with Crippen molar-refractivity contribution in [2.24, 2.45) is 0 Å². The Hall–Kier alpha value is -1.81. The molecule has 0 unspecified atom stereocenters. The predicted octanol–water partition coefficient (Wildman–Crippen LogP) is 3.98. The lowest BCUT2D eigenvalue weighted by Gasteiger charge is -2.14. The summed E-state index contributed by atoms with van der Waals surface area (Å²) in [5.41, 5.74) is 4.78. The summed E-state index contributed by atoms with van der Waals surface area (Å²) in [7, 11) is -3.55. The van der Waals surface area contributed by atoms with Gasteiger partial charge in [-0.3, -0.25) is 4.72 Å². The fourth-order valence-electron chi connectivity index (χ4n) is 2.44. The average molecular weight is 303 g/mol. The van der Waals surface area contributed by atoms with Crippen molar-refractivity contribution in [2.45, 2.75) is 39.0 Å². The summed E-state index contributed by atoms with van der Waals surface area (Å²) in [5, 5.41) is 0. The topological polar surface area (TPSA) is 46.2 Å². The van der Waals surface area contributed by atoms with Gasteiger partial charge in [-0.15, -0.1) is 0 Å². The molecule has 112 valence electrons. The van der Waals surface area contributed by atoms with E-state index < -0.39 is 10.0 Å². The van der Waals surface area contributed by atoms with Crippen LogP contribution in [0.4, 0.5) is 5.69 Å². The zero-order chi connectivity index (χ0) is 15.6. The Kier molecular flexibility index (Phi) is 4.37. The minimum atomic E-state index is -3.55. The van der Waals surface area contributed by atoms with E-state index in [1.165, 1.54) is 0 Å². The van der Waals surface area contributed by atoms with Crippen LogP contribution in [0.15, 0.2) is 41.3 Å². The first-order valence-electron chi connectivity index (χ1n) is 7.03. The zero-order valence-electron chi connectivity index (χ0n) is 12.9. The number of nitrogens with one attached hydrogen (secondary N) is 1. The van der Waals surface area contributed by atoms with Gasteiger partial charge in [0.2, 0.25) is 0 Å². The summed E-state index contributed by atoms with van der Waals surface area (Å²) in [6, 6.07) is 11.0. The van der Waals surface area contributed by atoms with E-state index in [0.717, 1.165) is 28.7 Å². The molecule has 0 aliphatic heterocycles. The molecule has 0 aromatic heterocycles. The standard InChI is InChI=1S/C17H21NO2S/c1-5-15-6-8-16(9-7-15)21(19,20)18-17-13(3)10-12(2)11-14(17)4/h6-11,18H,5H2,1-4H3. The highest BCUT2D eigenvalue weighted by Crippen LogP contribution is 2.25. The van der Waals surface area contributed by atoms with E-state index in [4.69, 9.17) is 0 Å². The lowest BCUT2D eigenvalue weighted by molar-refractivity contribution is 0.601. The highest BCUT2D eigenvalue weighted by Gasteiger charge is 2.16. The molecular weight excluding hydrogens is 282 g/mol. The molecule has 1 N–H and O–H groups in total. The third-order valence-electron chi connectivity index (χ3n) is 3.56. The number of hydrogen-bond donors (Lipinski definition) is 1. The third kappa shape index (κ3) is 3.45. The van der Waals surface area contributed by atoms with Crippen molar-refractivity contribution < 1.29 is 8.42 Å². The Balaban J connectivity index is 2.37. The second kappa shape index (κ2) is 5.90. The van der Waals surface area contributed by atoms with Gasteiger partial charge >= 0.3 is 0 Å². The van der Waals surface area contributed by atoms with Crippen LogP contribution >= 0.6 is 0 Å². The number of benzene rings is 2. The molecule has 0 fully saturated rings. The van der Waals surface area contributed by atoms with Crippen molar-refractivity contribution in [3.8, 4) is 0 Å². The monoisotopic (exact) mass is 303 g/mol. The van der Waals surface area contributed by atoms with Crippen LogP contribution in [0.25, 0.3) is 0 Å². The van der Waals surface area contributed by atoms with E-state index in [0.29, 0.717) is 10.6 Å². The summed E-state index contributed by atoms with van der Waals surface area (Å²) in [6.07, 6.45) is 0.893. The molecule has 0 saturated carbocycles. The molecule has 0 atom stereocenters. The molecule has 0 aliphatic carbocycles. The largest absolute Gasteiger partial charge is 0.279 e. The molecule has 0 saturated heterocycles. The van der Waals surface area contributed by atoms with Crippen LogP contribution in [0, 0.1) is 20.8 Å². The van der Waals surface area contributed by atoms with Crippen molar-refractivity contribution >= 4 is 15.7 Å². The van der Waals surface area contributed by atoms with Gasteiger partial charge in [0.15, 0.2) is 0 Å². The molecule has 3 nitrogen and oxygen atoms in total. The van der Waals surface area contributed by atoms with Gasteiger partial charge in [0.25, 0.3) is 10.0 Å². The molecular formula is C17H21NO2S. The van der Waals surface area contributed by atoms with E-state index >= 15 is 0 Å². The maximum absolute atomic E-state index is 12.5. The number of anilines is 1. The maximum atomic E-state index is 12.5. The smallest absolute Gasteiger partial charge is 0.261 e. The molecule has 0 spiro atoms. The Morgan fingerprint density at radius 3 is 1.95 bits per heavy atom. The Labute approximate surface area is 127 Å².